The molecular weight excluding hydrogens is 332 g/mol. The molecule has 0 aromatic carbocycles. The van der Waals surface area contributed by atoms with Crippen molar-refractivity contribution in [1.82, 2.24) is 19.8 Å². The number of carbonyl (C=O) groups excluding carboxylic acids is 2. The molecule has 2 amide bonds. The lowest BCUT2D eigenvalue weighted by Crippen LogP contribution is -2.49. The Bertz CT molecular complexity index is 737. The van der Waals surface area contributed by atoms with Gasteiger partial charge in [0.1, 0.15) is 0 Å². The van der Waals surface area contributed by atoms with Crippen LogP contribution in [0.1, 0.15) is 49.9 Å². The molecule has 0 bridgehead atoms. The van der Waals surface area contributed by atoms with E-state index in [0.717, 1.165) is 18.5 Å². The fourth-order valence-electron chi connectivity index (χ4n) is 4.14. The van der Waals surface area contributed by atoms with Crippen LogP contribution in [0.25, 0.3) is 0 Å². The summed E-state index contributed by atoms with van der Waals surface area (Å²) in [6.45, 7) is 4.98. The van der Waals surface area contributed by atoms with Crippen molar-refractivity contribution in [2.24, 2.45) is 5.92 Å². The van der Waals surface area contributed by atoms with E-state index in [1.807, 2.05) is 17.9 Å². The van der Waals surface area contributed by atoms with Crippen molar-refractivity contribution < 1.29 is 9.59 Å². The lowest BCUT2D eigenvalue weighted by molar-refractivity contribution is -0.140. The molecule has 1 aliphatic carbocycles. The lowest BCUT2D eigenvalue weighted by atomic mass is 9.95. The molecule has 3 rings (SSSR count). The SMILES string of the molecule is Cc1cc(C)n(CCNC(=O)C2CCC(=O)N(C3CCCC3)C2)c(=O)n1. The largest absolute Gasteiger partial charge is 0.354 e. The summed E-state index contributed by atoms with van der Waals surface area (Å²) in [6.07, 6.45) is 5.52. The molecule has 1 atom stereocenters. The number of aryl methyl sites for hydroxylation is 2. The molecule has 1 aromatic heterocycles. The zero-order valence-electron chi connectivity index (χ0n) is 15.7. The van der Waals surface area contributed by atoms with E-state index in [0.29, 0.717) is 44.2 Å². The summed E-state index contributed by atoms with van der Waals surface area (Å²) >= 11 is 0. The number of hydrogen-bond donors (Lipinski definition) is 1. The molecule has 1 unspecified atom stereocenters. The maximum atomic E-state index is 12.5. The molecule has 2 aliphatic rings. The number of rotatable bonds is 5. The van der Waals surface area contributed by atoms with Gasteiger partial charge in [-0.2, -0.15) is 4.98 Å². The predicted octanol–water partition coefficient (Wildman–Crippen LogP) is 1.16. The molecule has 2 heterocycles. The first-order chi connectivity index (χ1) is 12.5. The molecule has 0 radical (unpaired) electrons. The van der Waals surface area contributed by atoms with Crippen molar-refractivity contribution in [3.8, 4) is 0 Å². The highest BCUT2D eigenvalue weighted by atomic mass is 16.2. The zero-order valence-corrected chi connectivity index (χ0v) is 15.7. The molecular formula is C19H28N4O3. The zero-order chi connectivity index (χ0) is 18.7. The first kappa shape index (κ1) is 18.6. The van der Waals surface area contributed by atoms with Crippen molar-refractivity contribution >= 4 is 11.8 Å². The Balaban J connectivity index is 1.53. The Morgan fingerprint density at radius 1 is 1.23 bits per heavy atom. The molecule has 7 nitrogen and oxygen atoms in total. The number of nitrogens with zero attached hydrogens (tertiary/aromatic N) is 3. The van der Waals surface area contributed by atoms with E-state index >= 15 is 0 Å². The van der Waals surface area contributed by atoms with Gasteiger partial charge >= 0.3 is 5.69 Å². The average Bonchev–Trinajstić information content (AvgIpc) is 3.11. The summed E-state index contributed by atoms with van der Waals surface area (Å²) in [5.74, 6) is 0.0161. The topological polar surface area (TPSA) is 84.3 Å². The third-order valence-electron chi connectivity index (χ3n) is 5.56. The number of aromatic nitrogens is 2. The molecule has 142 valence electrons. The van der Waals surface area contributed by atoms with Gasteiger partial charge < -0.3 is 10.2 Å². The Morgan fingerprint density at radius 3 is 2.65 bits per heavy atom. The minimum atomic E-state index is -0.285. The standard InChI is InChI=1S/C19H28N4O3/c1-13-11-14(2)22(19(26)21-13)10-9-20-18(25)15-7-8-17(24)23(12-15)16-5-3-4-6-16/h11,15-16H,3-10,12H2,1-2H3,(H,20,25). The molecule has 1 aliphatic heterocycles. The van der Waals surface area contributed by atoms with Crippen LogP contribution in [0.4, 0.5) is 0 Å². The van der Waals surface area contributed by atoms with Crippen molar-refractivity contribution in [2.75, 3.05) is 13.1 Å². The maximum absolute atomic E-state index is 12.5. The monoisotopic (exact) mass is 360 g/mol. The van der Waals surface area contributed by atoms with Crippen molar-refractivity contribution in [3.63, 3.8) is 0 Å². The van der Waals surface area contributed by atoms with Crippen LogP contribution in [0.15, 0.2) is 10.9 Å². The second-order valence-corrected chi connectivity index (χ2v) is 7.48. The van der Waals surface area contributed by atoms with Crippen LogP contribution in [0.2, 0.25) is 0 Å². The molecule has 1 saturated heterocycles. The van der Waals surface area contributed by atoms with E-state index in [1.54, 1.807) is 11.5 Å². The Hall–Kier alpha value is -2.18. The molecule has 26 heavy (non-hydrogen) atoms. The smallest absolute Gasteiger partial charge is 0.348 e. The third kappa shape index (κ3) is 4.14. The Labute approximate surface area is 153 Å². The summed E-state index contributed by atoms with van der Waals surface area (Å²) in [7, 11) is 0. The normalized spacial score (nSPS) is 21.2. The van der Waals surface area contributed by atoms with Crippen LogP contribution in [0.5, 0.6) is 0 Å². The van der Waals surface area contributed by atoms with Gasteiger partial charge in [0.2, 0.25) is 11.8 Å². The van der Waals surface area contributed by atoms with Crippen molar-refractivity contribution in [3.05, 3.63) is 27.9 Å². The quantitative estimate of drug-likeness (QED) is 0.854. The van der Waals surface area contributed by atoms with Crippen LogP contribution in [0, 0.1) is 19.8 Å². The number of hydrogen-bond acceptors (Lipinski definition) is 4. The molecule has 1 N–H and O–H groups in total. The van der Waals surface area contributed by atoms with Crippen molar-refractivity contribution in [1.29, 1.82) is 0 Å². The fraction of sp³-hybridized carbons (Fsp3) is 0.684. The Morgan fingerprint density at radius 2 is 1.96 bits per heavy atom. The van der Waals surface area contributed by atoms with E-state index in [1.165, 1.54) is 12.8 Å². The van der Waals surface area contributed by atoms with E-state index in [2.05, 4.69) is 10.3 Å². The minimum absolute atomic E-state index is 0.0220. The van der Waals surface area contributed by atoms with Crippen LogP contribution >= 0.6 is 0 Å². The van der Waals surface area contributed by atoms with E-state index in [9.17, 15) is 14.4 Å². The summed E-state index contributed by atoms with van der Waals surface area (Å²) in [5, 5.41) is 2.93. The average molecular weight is 360 g/mol. The molecule has 0 spiro atoms. The van der Waals surface area contributed by atoms with Crippen LogP contribution in [-0.2, 0) is 16.1 Å². The van der Waals surface area contributed by atoms with Gasteiger partial charge in [0.05, 0.1) is 5.92 Å². The number of piperidine rings is 1. The van der Waals surface area contributed by atoms with Gasteiger partial charge in [-0.3, -0.25) is 14.2 Å². The van der Waals surface area contributed by atoms with Gasteiger partial charge in [-0.1, -0.05) is 12.8 Å². The van der Waals surface area contributed by atoms with E-state index in [4.69, 9.17) is 0 Å². The second-order valence-electron chi connectivity index (χ2n) is 7.48. The number of nitrogens with one attached hydrogen (secondary N) is 1. The summed E-state index contributed by atoms with van der Waals surface area (Å²) in [4.78, 5) is 42.6. The highest BCUT2D eigenvalue weighted by Gasteiger charge is 2.34. The highest BCUT2D eigenvalue weighted by Crippen LogP contribution is 2.28. The Kier molecular flexibility index (Phi) is 5.74. The fourth-order valence-corrected chi connectivity index (χ4v) is 4.14. The van der Waals surface area contributed by atoms with E-state index < -0.39 is 0 Å². The maximum Gasteiger partial charge on any atom is 0.348 e. The third-order valence-corrected chi connectivity index (χ3v) is 5.56. The van der Waals surface area contributed by atoms with Gasteiger partial charge in [0, 0.05) is 43.5 Å². The van der Waals surface area contributed by atoms with E-state index in [-0.39, 0.29) is 23.4 Å². The number of carbonyl (C=O) groups is 2. The number of amides is 2. The predicted molar refractivity (Wildman–Crippen MR) is 97.7 cm³/mol. The van der Waals surface area contributed by atoms with Crippen molar-refractivity contribution in [2.45, 2.75) is 65.0 Å². The molecule has 2 fully saturated rings. The summed E-state index contributed by atoms with van der Waals surface area (Å²) < 4.78 is 1.57. The molecule has 1 saturated carbocycles. The van der Waals surface area contributed by atoms with Crippen LogP contribution < -0.4 is 11.0 Å². The van der Waals surface area contributed by atoms with Gasteiger partial charge in [-0.15, -0.1) is 0 Å². The second kappa shape index (κ2) is 8.01. The molecule has 1 aromatic rings. The molecule has 7 heteroatoms. The minimum Gasteiger partial charge on any atom is -0.354 e. The van der Waals surface area contributed by atoms with Crippen LogP contribution in [-0.4, -0.2) is 45.4 Å². The lowest BCUT2D eigenvalue weighted by Gasteiger charge is -2.36. The first-order valence-electron chi connectivity index (χ1n) is 9.58. The van der Waals surface area contributed by atoms with Crippen LogP contribution in [0.3, 0.4) is 0 Å². The van der Waals surface area contributed by atoms with Gasteiger partial charge in [-0.05, 0) is 39.2 Å². The summed E-state index contributed by atoms with van der Waals surface area (Å²) in [6, 6.07) is 2.17. The first-order valence-corrected chi connectivity index (χ1v) is 9.58. The van der Waals surface area contributed by atoms with Gasteiger partial charge in [-0.25, -0.2) is 4.79 Å². The highest BCUT2D eigenvalue weighted by molar-refractivity contribution is 5.84. The summed E-state index contributed by atoms with van der Waals surface area (Å²) in [5.41, 5.74) is 1.26. The van der Waals surface area contributed by atoms with Gasteiger partial charge in [0.15, 0.2) is 0 Å². The number of likely N-dealkylation sites (tertiary alicyclic amines) is 1. The van der Waals surface area contributed by atoms with Gasteiger partial charge in [0.25, 0.3) is 0 Å².